The fourth-order valence-electron chi connectivity index (χ4n) is 1.51. The van der Waals surface area contributed by atoms with Gasteiger partial charge in [-0.15, -0.1) is 11.3 Å². The van der Waals surface area contributed by atoms with E-state index in [1.165, 1.54) is 11.3 Å². The molecule has 0 saturated carbocycles. The van der Waals surface area contributed by atoms with Crippen molar-refractivity contribution in [2.75, 3.05) is 5.32 Å². The molecule has 0 atom stereocenters. The van der Waals surface area contributed by atoms with Crippen LogP contribution in [0.1, 0.15) is 20.4 Å². The lowest BCUT2D eigenvalue weighted by molar-refractivity contribution is 0.102. The first-order chi connectivity index (χ1) is 8.47. The summed E-state index contributed by atoms with van der Waals surface area (Å²) in [4.78, 5) is 17.0. The van der Waals surface area contributed by atoms with Crippen LogP contribution in [0.25, 0.3) is 0 Å². The lowest BCUT2D eigenvalue weighted by Gasteiger charge is -2.06. The highest BCUT2D eigenvalue weighted by molar-refractivity contribution is 9.10. The fourth-order valence-corrected chi connectivity index (χ4v) is 3.11. The Morgan fingerprint density at radius 3 is 2.72 bits per heavy atom. The van der Waals surface area contributed by atoms with Crippen molar-refractivity contribution in [3.63, 3.8) is 0 Å². The standard InChI is InChI=1S/C12H10BrClN2OS/c1-6-11(18-7(2)15-6)12(17)16-10-4-3-8(14)5-9(10)13/h3-5H,1-2H3,(H,16,17). The molecule has 18 heavy (non-hydrogen) atoms. The molecule has 0 aliphatic carbocycles. The molecule has 2 rings (SSSR count). The minimum atomic E-state index is -0.152. The van der Waals surface area contributed by atoms with Crippen LogP contribution in [0.3, 0.4) is 0 Å². The van der Waals surface area contributed by atoms with Gasteiger partial charge in [-0.05, 0) is 48.0 Å². The van der Waals surface area contributed by atoms with E-state index in [0.717, 1.165) is 15.2 Å². The van der Waals surface area contributed by atoms with Crippen molar-refractivity contribution < 1.29 is 4.79 Å². The third kappa shape index (κ3) is 2.91. The Bertz CT molecular complexity index is 612. The van der Waals surface area contributed by atoms with Crippen molar-refractivity contribution in [3.05, 3.63) is 43.3 Å². The largest absolute Gasteiger partial charge is 0.320 e. The lowest BCUT2D eigenvalue weighted by Crippen LogP contribution is -2.11. The molecule has 0 spiro atoms. The number of amides is 1. The van der Waals surface area contributed by atoms with Crippen molar-refractivity contribution in [1.82, 2.24) is 4.98 Å². The topological polar surface area (TPSA) is 42.0 Å². The van der Waals surface area contributed by atoms with Gasteiger partial charge in [0.25, 0.3) is 5.91 Å². The number of carbonyl (C=O) groups excluding carboxylic acids is 1. The number of hydrogen-bond donors (Lipinski definition) is 1. The van der Waals surface area contributed by atoms with Crippen molar-refractivity contribution in [2.24, 2.45) is 0 Å². The highest BCUT2D eigenvalue weighted by Crippen LogP contribution is 2.27. The number of aromatic nitrogens is 1. The zero-order valence-electron chi connectivity index (χ0n) is 9.75. The third-order valence-corrected chi connectivity index (χ3v) is 4.25. The molecule has 0 aliphatic heterocycles. The summed E-state index contributed by atoms with van der Waals surface area (Å²) in [5, 5.41) is 4.33. The van der Waals surface area contributed by atoms with Crippen LogP contribution in [-0.2, 0) is 0 Å². The first-order valence-corrected chi connectivity index (χ1v) is 7.16. The number of aryl methyl sites for hydroxylation is 2. The Labute approximate surface area is 122 Å². The van der Waals surface area contributed by atoms with Gasteiger partial charge in [-0.25, -0.2) is 4.98 Å². The number of halogens is 2. The number of hydrogen-bond acceptors (Lipinski definition) is 3. The molecule has 0 saturated heterocycles. The summed E-state index contributed by atoms with van der Waals surface area (Å²) in [7, 11) is 0. The molecule has 2 aromatic rings. The molecule has 94 valence electrons. The van der Waals surface area contributed by atoms with Crippen LogP contribution >= 0.6 is 38.9 Å². The van der Waals surface area contributed by atoms with Gasteiger partial charge >= 0.3 is 0 Å². The van der Waals surface area contributed by atoms with Gasteiger partial charge in [-0.2, -0.15) is 0 Å². The molecular formula is C12H10BrClN2OS. The van der Waals surface area contributed by atoms with Gasteiger partial charge in [0.15, 0.2) is 0 Å². The van der Waals surface area contributed by atoms with Gasteiger partial charge in [-0.1, -0.05) is 11.6 Å². The Morgan fingerprint density at radius 1 is 1.44 bits per heavy atom. The van der Waals surface area contributed by atoms with Crippen LogP contribution < -0.4 is 5.32 Å². The minimum Gasteiger partial charge on any atom is -0.320 e. The molecule has 0 unspecified atom stereocenters. The smallest absolute Gasteiger partial charge is 0.267 e. The Balaban J connectivity index is 2.24. The summed E-state index contributed by atoms with van der Waals surface area (Å²) in [6.07, 6.45) is 0. The molecule has 1 heterocycles. The van der Waals surface area contributed by atoms with Gasteiger partial charge in [0.1, 0.15) is 4.88 Å². The van der Waals surface area contributed by atoms with E-state index < -0.39 is 0 Å². The van der Waals surface area contributed by atoms with E-state index >= 15 is 0 Å². The number of rotatable bonds is 2. The second kappa shape index (κ2) is 5.38. The van der Waals surface area contributed by atoms with Gasteiger partial charge in [0, 0.05) is 9.50 Å². The van der Waals surface area contributed by atoms with E-state index in [0.29, 0.717) is 15.6 Å². The summed E-state index contributed by atoms with van der Waals surface area (Å²) in [6.45, 7) is 3.71. The minimum absolute atomic E-state index is 0.152. The molecule has 3 nitrogen and oxygen atoms in total. The SMILES string of the molecule is Cc1nc(C)c(C(=O)Nc2ccc(Cl)cc2Br)s1. The molecule has 0 bridgehead atoms. The normalized spacial score (nSPS) is 10.4. The summed E-state index contributed by atoms with van der Waals surface area (Å²) >= 11 is 10.6. The average molecular weight is 346 g/mol. The predicted molar refractivity (Wildman–Crippen MR) is 78.7 cm³/mol. The van der Waals surface area contributed by atoms with E-state index in [1.807, 2.05) is 13.8 Å². The lowest BCUT2D eigenvalue weighted by atomic mass is 10.3. The highest BCUT2D eigenvalue weighted by Gasteiger charge is 2.14. The Kier molecular flexibility index (Phi) is 4.04. The van der Waals surface area contributed by atoms with E-state index in [1.54, 1.807) is 18.2 Å². The molecular weight excluding hydrogens is 336 g/mol. The summed E-state index contributed by atoms with van der Waals surface area (Å²) < 4.78 is 0.752. The van der Waals surface area contributed by atoms with Crippen LogP contribution in [0.15, 0.2) is 22.7 Å². The molecule has 1 N–H and O–H groups in total. The van der Waals surface area contributed by atoms with Crippen molar-refractivity contribution in [3.8, 4) is 0 Å². The molecule has 0 fully saturated rings. The maximum atomic E-state index is 12.1. The second-order valence-corrected chi connectivity index (χ2v) is 6.22. The maximum Gasteiger partial charge on any atom is 0.267 e. The van der Waals surface area contributed by atoms with Crippen LogP contribution in [0.2, 0.25) is 5.02 Å². The molecule has 6 heteroatoms. The van der Waals surface area contributed by atoms with Crippen molar-refractivity contribution >= 4 is 50.5 Å². The zero-order chi connectivity index (χ0) is 13.3. The molecule has 0 aliphatic rings. The molecule has 1 aromatic heterocycles. The first-order valence-electron chi connectivity index (χ1n) is 5.18. The number of benzene rings is 1. The number of anilines is 1. The summed E-state index contributed by atoms with van der Waals surface area (Å²) in [5.41, 5.74) is 1.44. The van der Waals surface area contributed by atoms with Crippen LogP contribution in [0.4, 0.5) is 5.69 Å². The van der Waals surface area contributed by atoms with Gasteiger partial charge in [-0.3, -0.25) is 4.79 Å². The van der Waals surface area contributed by atoms with E-state index in [9.17, 15) is 4.79 Å². The monoisotopic (exact) mass is 344 g/mol. The predicted octanol–water partition coefficient (Wildman–Crippen LogP) is 4.43. The quantitative estimate of drug-likeness (QED) is 0.875. The third-order valence-electron chi connectivity index (χ3n) is 2.29. The average Bonchev–Trinajstić information content (AvgIpc) is 2.62. The Morgan fingerprint density at radius 2 is 2.17 bits per heavy atom. The van der Waals surface area contributed by atoms with Crippen LogP contribution in [0.5, 0.6) is 0 Å². The van der Waals surface area contributed by atoms with E-state index in [2.05, 4.69) is 26.2 Å². The number of nitrogens with zero attached hydrogens (tertiary/aromatic N) is 1. The van der Waals surface area contributed by atoms with E-state index in [-0.39, 0.29) is 5.91 Å². The number of carbonyl (C=O) groups is 1. The molecule has 0 radical (unpaired) electrons. The first kappa shape index (κ1) is 13.5. The van der Waals surface area contributed by atoms with E-state index in [4.69, 9.17) is 11.6 Å². The van der Waals surface area contributed by atoms with Crippen molar-refractivity contribution in [2.45, 2.75) is 13.8 Å². The van der Waals surface area contributed by atoms with Crippen molar-refractivity contribution in [1.29, 1.82) is 0 Å². The molecule has 1 aromatic carbocycles. The van der Waals surface area contributed by atoms with Gasteiger partial charge < -0.3 is 5.32 Å². The number of nitrogens with one attached hydrogen (secondary N) is 1. The summed E-state index contributed by atoms with van der Waals surface area (Å²) in [5.74, 6) is -0.152. The van der Waals surface area contributed by atoms with Gasteiger partial charge in [0.2, 0.25) is 0 Å². The number of thiazole rings is 1. The Hall–Kier alpha value is -0.910. The fraction of sp³-hybridized carbons (Fsp3) is 0.167. The highest BCUT2D eigenvalue weighted by atomic mass is 79.9. The van der Waals surface area contributed by atoms with Crippen LogP contribution in [0, 0.1) is 13.8 Å². The zero-order valence-corrected chi connectivity index (χ0v) is 12.9. The van der Waals surface area contributed by atoms with Crippen LogP contribution in [-0.4, -0.2) is 10.9 Å². The maximum absolute atomic E-state index is 12.1. The summed E-state index contributed by atoms with van der Waals surface area (Å²) in [6, 6.07) is 5.22. The second-order valence-electron chi connectivity index (χ2n) is 3.73. The van der Waals surface area contributed by atoms with Gasteiger partial charge in [0.05, 0.1) is 16.4 Å². The molecule has 1 amide bonds.